The molecule has 0 saturated heterocycles. The molecule has 1 heterocycles. The van der Waals surface area contributed by atoms with Crippen LogP contribution in [0, 0.1) is 6.92 Å². The van der Waals surface area contributed by atoms with Crippen molar-refractivity contribution in [1.29, 1.82) is 0 Å². The highest BCUT2D eigenvalue weighted by Crippen LogP contribution is 2.17. The topological polar surface area (TPSA) is 90.7 Å². The summed E-state index contributed by atoms with van der Waals surface area (Å²) in [5, 5.41) is 5.95. The fourth-order valence-corrected chi connectivity index (χ4v) is 1.58. The average Bonchev–Trinajstić information content (AvgIpc) is 2.93. The van der Waals surface area contributed by atoms with E-state index in [2.05, 4.69) is 15.2 Å². The van der Waals surface area contributed by atoms with Gasteiger partial charge in [0, 0.05) is 11.8 Å². The van der Waals surface area contributed by atoms with Gasteiger partial charge in [0.25, 0.3) is 5.91 Å². The molecule has 0 spiro atoms. The highest BCUT2D eigenvalue weighted by molar-refractivity contribution is 5.94. The number of hydrogen-bond donors (Lipinski definition) is 1. The molecule has 0 aliphatic heterocycles. The van der Waals surface area contributed by atoms with Crippen molar-refractivity contribution in [3.05, 3.63) is 41.8 Å². The molecule has 1 N–H and O–H groups in total. The highest BCUT2D eigenvalue weighted by Gasteiger charge is 2.15. The molecule has 9 heteroatoms. The Kier molecular flexibility index (Phi) is 5.23. The van der Waals surface area contributed by atoms with Crippen LogP contribution in [0.15, 0.2) is 34.9 Å². The monoisotopic (exact) mass is 326 g/mol. The number of rotatable bonds is 6. The molecule has 0 radical (unpaired) electrons. The van der Waals surface area contributed by atoms with Crippen molar-refractivity contribution in [2.24, 2.45) is 0 Å². The first-order chi connectivity index (χ1) is 10.9. The summed E-state index contributed by atoms with van der Waals surface area (Å²) in [7, 11) is 0. The maximum atomic E-state index is 12.0. The molecular formula is C14H12F2N2O5. The second kappa shape index (κ2) is 7.34. The Morgan fingerprint density at radius 2 is 2.00 bits per heavy atom. The van der Waals surface area contributed by atoms with E-state index in [1.165, 1.54) is 30.3 Å². The number of esters is 1. The number of carbonyl (C=O) groups is 2. The van der Waals surface area contributed by atoms with Crippen molar-refractivity contribution in [2.45, 2.75) is 13.5 Å². The fraction of sp³-hybridized carbons (Fsp3) is 0.214. The molecule has 1 aromatic carbocycles. The summed E-state index contributed by atoms with van der Waals surface area (Å²) >= 11 is 0. The summed E-state index contributed by atoms with van der Waals surface area (Å²) in [5.74, 6) is -1.56. The van der Waals surface area contributed by atoms with Crippen molar-refractivity contribution < 1.29 is 32.4 Å². The van der Waals surface area contributed by atoms with Crippen molar-refractivity contribution in [3.63, 3.8) is 0 Å². The Bertz CT molecular complexity index is 685. The number of anilines is 1. The first-order valence-electron chi connectivity index (χ1n) is 6.39. The molecule has 2 aromatic rings. The number of ether oxygens (including phenoxy) is 2. The number of carbonyl (C=O) groups excluding carboxylic acids is 2. The van der Waals surface area contributed by atoms with Gasteiger partial charge in [0.05, 0.1) is 5.69 Å². The van der Waals surface area contributed by atoms with E-state index in [4.69, 9.17) is 9.26 Å². The summed E-state index contributed by atoms with van der Waals surface area (Å²) in [6.07, 6.45) is 0. The zero-order chi connectivity index (χ0) is 16.8. The van der Waals surface area contributed by atoms with Crippen LogP contribution in [-0.4, -0.2) is 30.3 Å². The molecule has 0 bridgehead atoms. The van der Waals surface area contributed by atoms with Gasteiger partial charge in [-0.05, 0) is 31.2 Å². The van der Waals surface area contributed by atoms with Crippen LogP contribution in [0.2, 0.25) is 0 Å². The molecule has 2 rings (SSSR count). The van der Waals surface area contributed by atoms with Gasteiger partial charge < -0.3 is 19.3 Å². The largest absolute Gasteiger partial charge is 0.450 e. The fourth-order valence-electron chi connectivity index (χ4n) is 1.58. The molecule has 0 aliphatic rings. The molecule has 1 aromatic heterocycles. The summed E-state index contributed by atoms with van der Waals surface area (Å²) in [5.41, 5.74) is 0.843. The van der Waals surface area contributed by atoms with Crippen molar-refractivity contribution in [2.75, 3.05) is 11.9 Å². The van der Waals surface area contributed by atoms with Gasteiger partial charge in [0.15, 0.2) is 6.61 Å². The first-order valence-corrected chi connectivity index (χ1v) is 6.39. The lowest BCUT2D eigenvalue weighted by Crippen LogP contribution is -2.20. The summed E-state index contributed by atoms with van der Waals surface area (Å²) in [6, 6.07) is 6.66. The van der Waals surface area contributed by atoms with Gasteiger partial charge in [-0.3, -0.25) is 4.79 Å². The number of aryl methyl sites for hydroxylation is 1. The van der Waals surface area contributed by atoms with Crippen LogP contribution in [0.3, 0.4) is 0 Å². The maximum absolute atomic E-state index is 12.0. The molecule has 0 aliphatic carbocycles. The van der Waals surface area contributed by atoms with Crippen LogP contribution < -0.4 is 10.1 Å². The van der Waals surface area contributed by atoms with Gasteiger partial charge in [-0.15, -0.1) is 0 Å². The predicted octanol–water partition coefficient (Wildman–Crippen LogP) is 2.38. The van der Waals surface area contributed by atoms with Gasteiger partial charge in [0.1, 0.15) is 5.75 Å². The maximum Gasteiger partial charge on any atom is 0.387 e. The van der Waals surface area contributed by atoms with Crippen molar-refractivity contribution >= 4 is 17.6 Å². The van der Waals surface area contributed by atoms with E-state index < -0.39 is 25.1 Å². The molecular weight excluding hydrogens is 314 g/mol. The average molecular weight is 326 g/mol. The normalized spacial score (nSPS) is 10.4. The van der Waals surface area contributed by atoms with E-state index in [0.717, 1.165) is 0 Å². The number of benzene rings is 1. The number of nitrogens with zero attached hydrogens (tertiary/aromatic N) is 1. The minimum absolute atomic E-state index is 0.0369. The second-order valence-electron chi connectivity index (χ2n) is 4.36. The zero-order valence-electron chi connectivity index (χ0n) is 11.9. The third-order valence-electron chi connectivity index (χ3n) is 2.53. The molecule has 0 atom stereocenters. The number of alkyl halides is 2. The van der Waals surface area contributed by atoms with Crippen molar-refractivity contribution in [3.8, 4) is 5.75 Å². The van der Waals surface area contributed by atoms with Crippen LogP contribution in [0.1, 0.15) is 16.2 Å². The third kappa shape index (κ3) is 5.06. The van der Waals surface area contributed by atoms with Crippen LogP contribution in [0.25, 0.3) is 0 Å². The lowest BCUT2D eigenvalue weighted by Gasteiger charge is -2.07. The highest BCUT2D eigenvalue weighted by atomic mass is 19.3. The molecule has 0 fully saturated rings. The van der Waals surface area contributed by atoms with E-state index in [1.54, 1.807) is 6.92 Å². The predicted molar refractivity (Wildman–Crippen MR) is 73.2 cm³/mol. The summed E-state index contributed by atoms with van der Waals surface area (Å²) in [4.78, 5) is 23.2. The lowest BCUT2D eigenvalue weighted by atomic mass is 10.3. The van der Waals surface area contributed by atoms with Crippen LogP contribution in [-0.2, 0) is 9.53 Å². The van der Waals surface area contributed by atoms with Gasteiger partial charge >= 0.3 is 12.6 Å². The Morgan fingerprint density at radius 3 is 2.57 bits per heavy atom. The molecule has 122 valence electrons. The Balaban J connectivity index is 1.81. The quantitative estimate of drug-likeness (QED) is 0.820. The lowest BCUT2D eigenvalue weighted by molar-refractivity contribution is -0.119. The Labute approximate surface area is 129 Å². The van der Waals surface area contributed by atoms with Gasteiger partial charge in [-0.25, -0.2) is 4.79 Å². The molecule has 0 saturated carbocycles. The standard InChI is InChI=1S/C14H12F2N2O5/c1-8-6-11(23-18-8)13(20)21-7-12(19)17-9-2-4-10(5-3-9)22-14(15)16/h2-6,14H,7H2,1H3,(H,17,19). The van der Waals surface area contributed by atoms with Gasteiger partial charge in [-0.2, -0.15) is 8.78 Å². The zero-order valence-corrected chi connectivity index (χ0v) is 11.9. The number of nitrogens with one attached hydrogen (secondary N) is 1. The summed E-state index contributed by atoms with van der Waals surface area (Å²) < 4.78 is 37.6. The molecule has 1 amide bonds. The first kappa shape index (κ1) is 16.4. The van der Waals surface area contributed by atoms with E-state index in [-0.39, 0.29) is 11.5 Å². The van der Waals surface area contributed by atoms with Crippen LogP contribution >= 0.6 is 0 Å². The van der Waals surface area contributed by atoms with E-state index in [0.29, 0.717) is 11.4 Å². The number of halogens is 2. The summed E-state index contributed by atoms with van der Waals surface area (Å²) in [6.45, 7) is -1.82. The van der Waals surface area contributed by atoms with E-state index in [9.17, 15) is 18.4 Å². The van der Waals surface area contributed by atoms with Gasteiger partial charge in [0.2, 0.25) is 5.76 Å². The number of amides is 1. The van der Waals surface area contributed by atoms with Crippen LogP contribution in [0.5, 0.6) is 5.75 Å². The molecule has 23 heavy (non-hydrogen) atoms. The smallest absolute Gasteiger partial charge is 0.387 e. The van der Waals surface area contributed by atoms with Crippen LogP contribution in [0.4, 0.5) is 14.5 Å². The second-order valence-corrected chi connectivity index (χ2v) is 4.36. The third-order valence-corrected chi connectivity index (χ3v) is 2.53. The minimum Gasteiger partial charge on any atom is -0.450 e. The Morgan fingerprint density at radius 1 is 1.30 bits per heavy atom. The SMILES string of the molecule is Cc1cc(C(=O)OCC(=O)Nc2ccc(OC(F)F)cc2)on1. The number of hydrogen-bond acceptors (Lipinski definition) is 6. The van der Waals surface area contributed by atoms with Gasteiger partial charge in [-0.1, -0.05) is 5.16 Å². The van der Waals surface area contributed by atoms with Crippen molar-refractivity contribution in [1.82, 2.24) is 5.16 Å². The Hall–Kier alpha value is -2.97. The number of aromatic nitrogens is 1. The molecule has 7 nitrogen and oxygen atoms in total. The van der Waals surface area contributed by atoms with E-state index >= 15 is 0 Å². The minimum atomic E-state index is -2.92. The molecule has 0 unspecified atom stereocenters. The van der Waals surface area contributed by atoms with E-state index in [1.807, 2.05) is 0 Å².